The number of ether oxygens (including phenoxy) is 4. The van der Waals surface area contributed by atoms with Gasteiger partial charge in [0, 0.05) is 46.6 Å². The fourth-order valence-electron chi connectivity index (χ4n) is 6.90. The van der Waals surface area contributed by atoms with E-state index in [4.69, 9.17) is 23.9 Å². The third kappa shape index (κ3) is 10.5. The van der Waals surface area contributed by atoms with E-state index < -0.39 is 11.6 Å². The summed E-state index contributed by atoms with van der Waals surface area (Å²) in [6.07, 6.45) is 0.222. The largest absolute Gasteiger partial charge is 0.494 e. The van der Waals surface area contributed by atoms with E-state index in [2.05, 4.69) is 31.3 Å². The second-order valence-electron chi connectivity index (χ2n) is 14.2. The summed E-state index contributed by atoms with van der Waals surface area (Å²) in [5.74, 6) is 1.78. The van der Waals surface area contributed by atoms with Gasteiger partial charge in [0.2, 0.25) is 5.90 Å². The first-order valence-electron chi connectivity index (χ1n) is 19.7. The van der Waals surface area contributed by atoms with Gasteiger partial charge in [0.1, 0.15) is 19.0 Å². The first-order valence-corrected chi connectivity index (χ1v) is 20.5. The second kappa shape index (κ2) is 20.4. The highest BCUT2D eigenvalue weighted by atomic mass is 79.9. The number of carbonyl (C=O) groups is 1. The molecular formula is C48H44BrN5O6. The summed E-state index contributed by atoms with van der Waals surface area (Å²) in [7, 11) is 0. The van der Waals surface area contributed by atoms with E-state index in [0.29, 0.717) is 66.7 Å². The predicted octanol–water partition coefficient (Wildman–Crippen LogP) is 10.2. The summed E-state index contributed by atoms with van der Waals surface area (Å²) in [4.78, 5) is 23.2. The van der Waals surface area contributed by atoms with Crippen molar-refractivity contribution in [2.75, 3.05) is 19.8 Å². The minimum absolute atomic E-state index is 0.0355. The van der Waals surface area contributed by atoms with E-state index in [1.165, 1.54) is 0 Å². The zero-order valence-electron chi connectivity index (χ0n) is 32.8. The van der Waals surface area contributed by atoms with Crippen LogP contribution in [0.25, 0.3) is 10.4 Å². The molecule has 1 aliphatic rings. The Bertz CT molecular complexity index is 2430. The molecule has 0 unspecified atom stereocenters. The number of carbonyl (C=O) groups excluding carboxylic acids is 1. The van der Waals surface area contributed by atoms with Crippen LogP contribution in [-0.2, 0) is 35.6 Å². The molecule has 0 radical (unpaired) electrons. The van der Waals surface area contributed by atoms with Gasteiger partial charge in [-0.3, -0.25) is 4.79 Å². The van der Waals surface area contributed by atoms with E-state index in [0.717, 1.165) is 26.7 Å². The highest BCUT2D eigenvalue weighted by Crippen LogP contribution is 2.44. The topological polar surface area (TPSA) is 147 Å². The number of aliphatic hydroxyl groups excluding tert-OH is 1. The maximum Gasteiger partial charge on any atom is 0.252 e. The van der Waals surface area contributed by atoms with Crippen molar-refractivity contribution < 1.29 is 28.8 Å². The average molecular weight is 867 g/mol. The second-order valence-corrected chi connectivity index (χ2v) is 15.1. The highest BCUT2D eigenvalue weighted by molar-refractivity contribution is 9.10. The van der Waals surface area contributed by atoms with Gasteiger partial charge >= 0.3 is 0 Å². The molecule has 2 atom stereocenters. The van der Waals surface area contributed by atoms with Crippen LogP contribution in [0, 0.1) is 0 Å². The highest BCUT2D eigenvalue weighted by Gasteiger charge is 2.53. The Labute approximate surface area is 357 Å². The Kier molecular flexibility index (Phi) is 14.1. The number of amides is 1. The van der Waals surface area contributed by atoms with Crippen LogP contribution in [0.2, 0.25) is 0 Å². The average Bonchev–Trinajstić information content (AvgIpc) is 3.67. The lowest BCUT2D eigenvalue weighted by Crippen LogP contribution is -2.50. The van der Waals surface area contributed by atoms with Crippen LogP contribution >= 0.6 is 15.9 Å². The molecule has 0 saturated heterocycles. The maximum absolute atomic E-state index is 15.0. The Morgan fingerprint density at radius 1 is 0.800 bits per heavy atom. The SMILES string of the molecule is [N-]=[N+]=Nc1ccccc1C[C@@]1(C(=O)NCCc2ccc(OCc3ccccc3)c(OCc3ccccc3)c2)N=C(c2ccc(OCCCO)cc2)O[C@@H]1c1ccc(Br)cc1. The van der Waals surface area contributed by atoms with Gasteiger partial charge in [0.15, 0.2) is 23.1 Å². The van der Waals surface area contributed by atoms with Crippen LogP contribution in [0.15, 0.2) is 166 Å². The standard InChI is InChI=1S/C48H44BrN5O6/c49-40-21-17-37(18-22-40)45-48(31-39-14-7-8-15-42(39)53-54-50,52-46(60-45)38-19-23-41(24-20-38)57-29-9-28-55)47(56)51-27-26-34-16-25-43(58-32-35-10-3-1-4-11-35)44(30-34)59-33-36-12-5-2-6-13-36/h1-8,10-25,30,45,55H,9,26-29,31-33H2,(H,51,56)/t45-,48-/m1/s1. The van der Waals surface area contributed by atoms with Crippen LogP contribution in [-0.4, -0.2) is 42.2 Å². The molecule has 6 aromatic rings. The summed E-state index contributed by atoms with van der Waals surface area (Å²) in [5, 5.41) is 16.3. The first-order chi connectivity index (χ1) is 29.4. The molecule has 12 heteroatoms. The lowest BCUT2D eigenvalue weighted by atomic mass is 9.81. The van der Waals surface area contributed by atoms with Crippen molar-refractivity contribution in [2.45, 2.75) is 44.1 Å². The van der Waals surface area contributed by atoms with E-state index in [9.17, 15) is 15.4 Å². The third-order valence-corrected chi connectivity index (χ3v) is 10.5. The van der Waals surface area contributed by atoms with Gasteiger partial charge in [0.25, 0.3) is 5.91 Å². The van der Waals surface area contributed by atoms with Gasteiger partial charge in [0.05, 0.1) is 6.61 Å². The number of nitrogens with zero attached hydrogens (tertiary/aromatic N) is 4. The number of aliphatic imine (C=N–C) groups is 1. The van der Waals surface area contributed by atoms with Gasteiger partial charge < -0.3 is 29.4 Å². The Hall–Kier alpha value is -6.59. The number of azide groups is 1. The molecule has 11 nitrogen and oxygen atoms in total. The maximum atomic E-state index is 15.0. The number of hydrogen-bond donors (Lipinski definition) is 2. The molecule has 1 heterocycles. The number of nitrogens with one attached hydrogen (secondary N) is 1. The van der Waals surface area contributed by atoms with Crippen molar-refractivity contribution in [3.05, 3.63) is 200 Å². The minimum atomic E-state index is -1.51. The molecule has 7 rings (SSSR count). The first kappa shape index (κ1) is 41.6. The number of benzene rings is 6. The number of aliphatic hydroxyl groups is 1. The lowest BCUT2D eigenvalue weighted by Gasteiger charge is -2.31. The van der Waals surface area contributed by atoms with E-state index >= 15 is 0 Å². The predicted molar refractivity (Wildman–Crippen MR) is 235 cm³/mol. The number of hydrogen-bond acceptors (Lipinski definition) is 8. The smallest absolute Gasteiger partial charge is 0.252 e. The summed E-state index contributed by atoms with van der Waals surface area (Å²) in [5.41, 5.74) is 13.3. The van der Waals surface area contributed by atoms with Gasteiger partial charge in [-0.25, -0.2) is 4.99 Å². The molecule has 0 aromatic heterocycles. The third-order valence-electron chi connectivity index (χ3n) is 9.99. The molecule has 6 aromatic carbocycles. The molecule has 2 N–H and O–H groups in total. The van der Waals surface area contributed by atoms with Crippen molar-refractivity contribution in [3.63, 3.8) is 0 Å². The number of halogens is 1. The van der Waals surface area contributed by atoms with E-state index in [1.807, 2.05) is 127 Å². The number of rotatable bonds is 19. The summed E-state index contributed by atoms with van der Waals surface area (Å²) >= 11 is 3.54. The van der Waals surface area contributed by atoms with Crippen molar-refractivity contribution >= 4 is 33.4 Å². The summed E-state index contributed by atoms with van der Waals surface area (Å²) in [6, 6.07) is 47.8. The van der Waals surface area contributed by atoms with Gasteiger partial charge in [-0.05, 0) is 88.3 Å². The normalized spacial score (nSPS) is 15.6. The fraction of sp³-hybridized carbons (Fsp3) is 0.208. The van der Waals surface area contributed by atoms with Crippen LogP contribution in [0.5, 0.6) is 17.2 Å². The van der Waals surface area contributed by atoms with E-state index in [-0.39, 0.29) is 31.4 Å². The van der Waals surface area contributed by atoms with E-state index in [1.54, 1.807) is 24.3 Å². The molecular weight excluding hydrogens is 822 g/mol. The van der Waals surface area contributed by atoms with Crippen LogP contribution < -0.4 is 19.5 Å². The zero-order chi connectivity index (χ0) is 41.6. The molecule has 0 spiro atoms. The molecule has 60 heavy (non-hydrogen) atoms. The minimum Gasteiger partial charge on any atom is -0.494 e. The monoisotopic (exact) mass is 865 g/mol. The van der Waals surface area contributed by atoms with Crippen molar-refractivity contribution in [1.29, 1.82) is 0 Å². The van der Waals surface area contributed by atoms with Gasteiger partial charge in [-0.1, -0.05) is 124 Å². The zero-order valence-corrected chi connectivity index (χ0v) is 34.4. The van der Waals surface area contributed by atoms with Crippen LogP contribution in [0.4, 0.5) is 5.69 Å². The Morgan fingerprint density at radius 3 is 2.15 bits per heavy atom. The Morgan fingerprint density at radius 2 is 1.47 bits per heavy atom. The van der Waals surface area contributed by atoms with Gasteiger partial charge in [-0.15, -0.1) is 0 Å². The van der Waals surface area contributed by atoms with Crippen molar-refractivity contribution in [1.82, 2.24) is 5.32 Å². The van der Waals surface area contributed by atoms with Crippen molar-refractivity contribution in [3.8, 4) is 17.2 Å². The molecule has 304 valence electrons. The summed E-state index contributed by atoms with van der Waals surface area (Å²) in [6.45, 7) is 1.43. The molecule has 0 bridgehead atoms. The van der Waals surface area contributed by atoms with Gasteiger partial charge in [-0.2, -0.15) is 0 Å². The Balaban J connectivity index is 1.18. The quantitative estimate of drug-likeness (QED) is 0.0359. The van der Waals surface area contributed by atoms with Crippen LogP contribution in [0.3, 0.4) is 0 Å². The molecule has 0 fully saturated rings. The fourth-order valence-corrected chi connectivity index (χ4v) is 7.16. The van der Waals surface area contributed by atoms with Crippen LogP contribution in [0.1, 0.15) is 45.9 Å². The molecule has 1 amide bonds. The molecule has 0 aliphatic carbocycles. The van der Waals surface area contributed by atoms with Crippen molar-refractivity contribution in [2.24, 2.45) is 10.1 Å². The molecule has 1 aliphatic heterocycles. The molecule has 0 saturated carbocycles. The summed E-state index contributed by atoms with van der Waals surface area (Å²) < 4.78 is 25.9. The lowest BCUT2D eigenvalue weighted by molar-refractivity contribution is -0.128.